The first-order valence-electron chi connectivity index (χ1n) is 7.26. The van der Waals surface area contributed by atoms with Crippen LogP contribution in [0.25, 0.3) is 0 Å². The van der Waals surface area contributed by atoms with Gasteiger partial charge in [0.05, 0.1) is 5.60 Å². The monoisotopic (exact) mass is 286 g/mol. The molecule has 1 aliphatic heterocycles. The van der Waals surface area contributed by atoms with Crippen LogP contribution in [0, 0.1) is 0 Å². The van der Waals surface area contributed by atoms with Crippen LogP contribution in [0.4, 0.5) is 4.79 Å². The Morgan fingerprint density at radius 1 is 1.45 bits per heavy atom. The van der Waals surface area contributed by atoms with E-state index in [1.807, 2.05) is 25.7 Å². The van der Waals surface area contributed by atoms with E-state index in [9.17, 15) is 9.59 Å². The fourth-order valence-corrected chi connectivity index (χ4v) is 2.57. The largest absolute Gasteiger partial charge is 0.481 e. The van der Waals surface area contributed by atoms with Gasteiger partial charge in [-0.2, -0.15) is 0 Å². The van der Waals surface area contributed by atoms with Gasteiger partial charge >= 0.3 is 12.0 Å². The number of ether oxygens (including phenoxy) is 1. The van der Waals surface area contributed by atoms with Crippen molar-refractivity contribution in [1.29, 1.82) is 0 Å². The average Bonchev–Trinajstić information content (AvgIpc) is 2.34. The molecule has 0 aromatic rings. The average molecular weight is 286 g/mol. The van der Waals surface area contributed by atoms with Crippen molar-refractivity contribution in [3.05, 3.63) is 0 Å². The van der Waals surface area contributed by atoms with Gasteiger partial charge in [-0.25, -0.2) is 4.79 Å². The highest BCUT2D eigenvalue weighted by atomic mass is 16.5. The molecule has 0 aromatic heterocycles. The zero-order chi connectivity index (χ0) is 15.2. The third-order valence-electron chi connectivity index (χ3n) is 3.56. The molecule has 2 N–H and O–H groups in total. The summed E-state index contributed by atoms with van der Waals surface area (Å²) < 4.78 is 5.67. The predicted octanol–water partition coefficient (Wildman–Crippen LogP) is 1.84. The third-order valence-corrected chi connectivity index (χ3v) is 3.56. The number of aliphatic carboxylic acids is 1. The second-order valence-corrected chi connectivity index (χ2v) is 5.77. The molecular weight excluding hydrogens is 260 g/mol. The van der Waals surface area contributed by atoms with E-state index in [2.05, 4.69) is 5.32 Å². The van der Waals surface area contributed by atoms with Gasteiger partial charge in [0.1, 0.15) is 0 Å². The maximum absolute atomic E-state index is 12.2. The molecule has 1 rings (SSSR count). The first-order chi connectivity index (χ1) is 9.35. The van der Waals surface area contributed by atoms with Gasteiger partial charge in [0.15, 0.2) is 0 Å². The molecule has 1 heterocycles. The minimum atomic E-state index is -0.835. The summed E-state index contributed by atoms with van der Waals surface area (Å²) in [5, 5.41) is 11.4. The summed E-state index contributed by atoms with van der Waals surface area (Å²) in [6, 6.07) is 0.0730. The summed E-state index contributed by atoms with van der Waals surface area (Å²) in [4.78, 5) is 24.4. The summed E-state index contributed by atoms with van der Waals surface area (Å²) in [6.07, 6.45) is 2.21. The summed E-state index contributed by atoms with van der Waals surface area (Å²) in [6.45, 7) is 7.75. The smallest absolute Gasteiger partial charge is 0.317 e. The molecule has 1 atom stereocenters. The van der Waals surface area contributed by atoms with Gasteiger partial charge in [-0.3, -0.25) is 4.79 Å². The number of carboxylic acid groups (broad SMARTS) is 1. The molecule has 0 spiro atoms. The molecule has 0 saturated carbocycles. The Balaban J connectivity index is 2.44. The zero-order valence-electron chi connectivity index (χ0n) is 12.6. The molecule has 116 valence electrons. The van der Waals surface area contributed by atoms with Gasteiger partial charge in [-0.15, -0.1) is 0 Å². The maximum atomic E-state index is 12.2. The molecule has 1 saturated heterocycles. The number of rotatable bonds is 6. The van der Waals surface area contributed by atoms with E-state index in [1.54, 1.807) is 0 Å². The van der Waals surface area contributed by atoms with Crippen LogP contribution >= 0.6 is 0 Å². The van der Waals surface area contributed by atoms with Gasteiger partial charge in [-0.05, 0) is 40.0 Å². The lowest BCUT2D eigenvalue weighted by Gasteiger charge is -2.40. The first-order valence-corrected chi connectivity index (χ1v) is 7.26. The highest BCUT2D eigenvalue weighted by molar-refractivity contribution is 5.74. The number of carbonyl (C=O) groups is 2. The lowest BCUT2D eigenvalue weighted by atomic mass is 9.93. The van der Waals surface area contributed by atoms with Gasteiger partial charge in [-0.1, -0.05) is 0 Å². The molecule has 0 aliphatic carbocycles. The summed E-state index contributed by atoms with van der Waals surface area (Å²) >= 11 is 0. The van der Waals surface area contributed by atoms with Crippen molar-refractivity contribution in [2.45, 2.75) is 58.1 Å². The van der Waals surface area contributed by atoms with Gasteiger partial charge in [0.2, 0.25) is 0 Å². The summed E-state index contributed by atoms with van der Waals surface area (Å²) in [7, 11) is 0. The lowest BCUT2D eigenvalue weighted by molar-refractivity contribution is -0.137. The minimum absolute atomic E-state index is 0.0801. The van der Waals surface area contributed by atoms with Crippen molar-refractivity contribution in [3.8, 4) is 0 Å². The number of hydrogen-bond donors (Lipinski definition) is 2. The van der Waals surface area contributed by atoms with Crippen molar-refractivity contribution < 1.29 is 19.4 Å². The molecule has 6 nitrogen and oxygen atoms in total. The highest BCUT2D eigenvalue weighted by Gasteiger charge is 2.33. The van der Waals surface area contributed by atoms with E-state index in [-0.39, 0.29) is 24.1 Å². The summed E-state index contributed by atoms with van der Waals surface area (Å²) in [5.41, 5.74) is -0.195. The van der Waals surface area contributed by atoms with E-state index in [0.717, 1.165) is 12.8 Å². The van der Waals surface area contributed by atoms with Crippen LogP contribution in [0.2, 0.25) is 0 Å². The molecular formula is C14H26N2O4. The second-order valence-electron chi connectivity index (χ2n) is 5.77. The molecule has 0 bridgehead atoms. The van der Waals surface area contributed by atoms with Crippen molar-refractivity contribution in [2.24, 2.45) is 0 Å². The van der Waals surface area contributed by atoms with Crippen LogP contribution < -0.4 is 5.32 Å². The van der Waals surface area contributed by atoms with E-state index in [0.29, 0.717) is 26.1 Å². The molecule has 1 unspecified atom stereocenters. The number of carboxylic acids is 1. The topological polar surface area (TPSA) is 78.9 Å². The van der Waals surface area contributed by atoms with Crippen LogP contribution in [0.15, 0.2) is 0 Å². The fourth-order valence-electron chi connectivity index (χ4n) is 2.57. The molecule has 6 heteroatoms. The van der Waals surface area contributed by atoms with Gasteiger partial charge in [0, 0.05) is 32.2 Å². The number of nitrogens with one attached hydrogen (secondary N) is 1. The molecule has 20 heavy (non-hydrogen) atoms. The second kappa shape index (κ2) is 7.47. The van der Waals surface area contributed by atoms with Gasteiger partial charge in [0.25, 0.3) is 0 Å². The lowest BCUT2D eigenvalue weighted by Crippen LogP contribution is -2.51. The Labute approximate surface area is 120 Å². The number of amides is 2. The van der Waals surface area contributed by atoms with Crippen molar-refractivity contribution in [1.82, 2.24) is 10.2 Å². The van der Waals surface area contributed by atoms with Crippen molar-refractivity contribution in [3.63, 3.8) is 0 Å². The Hall–Kier alpha value is -1.30. The zero-order valence-corrected chi connectivity index (χ0v) is 12.6. The fraction of sp³-hybridized carbons (Fsp3) is 0.857. The standard InChI is InChI=1S/C14H26N2O4/c1-4-16(11-7-9-20-14(2,3)10-11)13(19)15-8-5-6-12(17)18/h11H,4-10H2,1-3H3,(H,15,19)(H,17,18). The van der Waals surface area contributed by atoms with Crippen LogP contribution in [0.5, 0.6) is 0 Å². The number of carbonyl (C=O) groups excluding carboxylic acids is 1. The van der Waals surface area contributed by atoms with E-state index < -0.39 is 5.97 Å². The van der Waals surface area contributed by atoms with Crippen LogP contribution in [-0.2, 0) is 9.53 Å². The number of hydrogen-bond acceptors (Lipinski definition) is 3. The van der Waals surface area contributed by atoms with Crippen molar-refractivity contribution >= 4 is 12.0 Å². The number of nitrogens with zero attached hydrogens (tertiary/aromatic N) is 1. The third kappa shape index (κ3) is 5.36. The molecule has 1 aliphatic rings. The van der Waals surface area contributed by atoms with Crippen molar-refractivity contribution in [2.75, 3.05) is 19.7 Å². The van der Waals surface area contributed by atoms with E-state index >= 15 is 0 Å². The normalized spacial score (nSPS) is 21.2. The Morgan fingerprint density at radius 2 is 2.15 bits per heavy atom. The Morgan fingerprint density at radius 3 is 2.70 bits per heavy atom. The molecule has 0 radical (unpaired) electrons. The molecule has 0 aromatic carbocycles. The SMILES string of the molecule is CCN(C(=O)NCCCC(=O)O)C1CCOC(C)(C)C1. The van der Waals surface area contributed by atoms with Gasteiger partial charge < -0.3 is 20.1 Å². The Bertz CT molecular complexity index is 344. The molecule has 1 fully saturated rings. The summed E-state index contributed by atoms with van der Waals surface area (Å²) in [5.74, 6) is -0.835. The minimum Gasteiger partial charge on any atom is -0.481 e. The van der Waals surface area contributed by atoms with E-state index in [4.69, 9.17) is 9.84 Å². The van der Waals surface area contributed by atoms with Crippen LogP contribution in [0.3, 0.4) is 0 Å². The van der Waals surface area contributed by atoms with Crippen LogP contribution in [0.1, 0.15) is 46.5 Å². The quantitative estimate of drug-likeness (QED) is 0.730. The predicted molar refractivity (Wildman–Crippen MR) is 75.7 cm³/mol. The highest BCUT2D eigenvalue weighted by Crippen LogP contribution is 2.27. The molecule has 2 amide bonds. The number of urea groups is 1. The maximum Gasteiger partial charge on any atom is 0.317 e. The van der Waals surface area contributed by atoms with E-state index in [1.165, 1.54) is 0 Å². The Kier molecular flexibility index (Phi) is 6.26. The first kappa shape index (κ1) is 16.8. The van der Waals surface area contributed by atoms with Crippen LogP contribution in [-0.4, -0.2) is 53.3 Å².